The average molecular weight is 372 g/mol. The summed E-state index contributed by atoms with van der Waals surface area (Å²) >= 11 is 1.41. The highest BCUT2D eigenvalue weighted by atomic mass is 32.2. The summed E-state index contributed by atoms with van der Waals surface area (Å²) in [6.07, 6.45) is 3.93. The third kappa shape index (κ3) is 4.66. The Labute approximate surface area is 158 Å². The SMILES string of the molecule is CCn1c(-c2ccccc2)cnc1SCC(=O)N(C)CC(=O)NC1CC1. The van der Waals surface area contributed by atoms with E-state index in [0.29, 0.717) is 6.04 Å². The summed E-state index contributed by atoms with van der Waals surface area (Å²) in [7, 11) is 1.66. The fraction of sp³-hybridized carbons (Fsp3) is 0.421. The Hall–Kier alpha value is -2.28. The van der Waals surface area contributed by atoms with E-state index in [-0.39, 0.29) is 24.1 Å². The van der Waals surface area contributed by atoms with Crippen molar-refractivity contribution < 1.29 is 9.59 Å². The first kappa shape index (κ1) is 18.5. The van der Waals surface area contributed by atoms with Crippen molar-refractivity contribution in [3.63, 3.8) is 0 Å². The zero-order valence-corrected chi connectivity index (χ0v) is 16.0. The lowest BCUT2D eigenvalue weighted by Gasteiger charge is -2.16. The number of likely N-dealkylation sites (N-methyl/N-ethyl adjacent to an activating group) is 1. The molecule has 7 heteroatoms. The van der Waals surface area contributed by atoms with Crippen molar-refractivity contribution in [2.75, 3.05) is 19.3 Å². The molecule has 0 bridgehead atoms. The lowest BCUT2D eigenvalue weighted by atomic mass is 10.2. The van der Waals surface area contributed by atoms with Gasteiger partial charge in [-0.1, -0.05) is 42.1 Å². The van der Waals surface area contributed by atoms with Gasteiger partial charge in [0.15, 0.2) is 5.16 Å². The number of thioether (sulfide) groups is 1. The number of aromatic nitrogens is 2. The molecule has 0 radical (unpaired) electrons. The van der Waals surface area contributed by atoms with Crippen molar-refractivity contribution in [1.82, 2.24) is 19.8 Å². The molecule has 0 spiro atoms. The molecule has 6 nitrogen and oxygen atoms in total. The van der Waals surface area contributed by atoms with Crippen LogP contribution in [0.1, 0.15) is 19.8 Å². The van der Waals surface area contributed by atoms with E-state index in [2.05, 4.69) is 33.9 Å². The average Bonchev–Trinajstić information content (AvgIpc) is 3.35. The van der Waals surface area contributed by atoms with Crippen molar-refractivity contribution in [2.45, 2.75) is 37.5 Å². The molecule has 1 N–H and O–H groups in total. The van der Waals surface area contributed by atoms with Crippen LogP contribution in [-0.4, -0.2) is 51.7 Å². The van der Waals surface area contributed by atoms with Gasteiger partial charge in [-0.05, 0) is 25.3 Å². The molecule has 0 saturated heterocycles. The second-order valence-corrected chi connectivity index (χ2v) is 7.36. The number of carbonyl (C=O) groups is 2. The highest BCUT2D eigenvalue weighted by Gasteiger charge is 2.24. The smallest absolute Gasteiger partial charge is 0.239 e. The van der Waals surface area contributed by atoms with Crippen LogP contribution < -0.4 is 5.32 Å². The van der Waals surface area contributed by atoms with Gasteiger partial charge in [-0.15, -0.1) is 0 Å². The molecule has 1 aliphatic carbocycles. The molecule has 1 saturated carbocycles. The summed E-state index contributed by atoms with van der Waals surface area (Å²) in [4.78, 5) is 30.1. The number of carbonyl (C=O) groups excluding carboxylic acids is 2. The third-order valence-corrected chi connectivity index (χ3v) is 5.25. The van der Waals surface area contributed by atoms with E-state index in [4.69, 9.17) is 0 Å². The van der Waals surface area contributed by atoms with Crippen LogP contribution in [0, 0.1) is 0 Å². The minimum absolute atomic E-state index is 0.0761. The van der Waals surface area contributed by atoms with E-state index in [1.54, 1.807) is 7.05 Å². The number of benzene rings is 1. The maximum atomic E-state index is 12.3. The maximum absolute atomic E-state index is 12.3. The van der Waals surface area contributed by atoms with Crippen molar-refractivity contribution in [1.29, 1.82) is 0 Å². The molecular weight excluding hydrogens is 348 g/mol. The molecule has 1 aromatic carbocycles. The largest absolute Gasteiger partial charge is 0.352 e. The Morgan fingerprint density at radius 2 is 2.04 bits per heavy atom. The van der Waals surface area contributed by atoms with E-state index >= 15 is 0 Å². The molecule has 2 amide bonds. The highest BCUT2D eigenvalue weighted by Crippen LogP contribution is 2.26. The topological polar surface area (TPSA) is 67.2 Å². The summed E-state index contributed by atoms with van der Waals surface area (Å²) in [5.41, 5.74) is 2.15. The van der Waals surface area contributed by atoms with Crippen molar-refractivity contribution in [2.24, 2.45) is 0 Å². The van der Waals surface area contributed by atoms with Crippen LogP contribution in [0.25, 0.3) is 11.3 Å². The number of hydrogen-bond acceptors (Lipinski definition) is 4. The fourth-order valence-corrected chi connectivity index (χ4v) is 3.64. The fourth-order valence-electron chi connectivity index (χ4n) is 2.66. The highest BCUT2D eigenvalue weighted by molar-refractivity contribution is 7.99. The second-order valence-electron chi connectivity index (χ2n) is 6.42. The minimum atomic E-state index is -0.0882. The van der Waals surface area contributed by atoms with Gasteiger partial charge in [-0.25, -0.2) is 4.98 Å². The lowest BCUT2D eigenvalue weighted by Crippen LogP contribution is -2.39. The van der Waals surface area contributed by atoms with Gasteiger partial charge in [0.05, 0.1) is 24.2 Å². The van der Waals surface area contributed by atoms with Gasteiger partial charge in [0, 0.05) is 19.6 Å². The molecule has 2 aromatic rings. The Morgan fingerprint density at radius 1 is 1.31 bits per heavy atom. The zero-order valence-electron chi connectivity index (χ0n) is 15.1. The van der Waals surface area contributed by atoms with Crippen LogP contribution in [0.4, 0.5) is 0 Å². The number of imidazole rings is 1. The Bertz CT molecular complexity index is 771. The van der Waals surface area contributed by atoms with E-state index in [1.807, 2.05) is 24.4 Å². The van der Waals surface area contributed by atoms with Crippen LogP contribution in [0.5, 0.6) is 0 Å². The molecule has 138 valence electrons. The monoisotopic (exact) mass is 372 g/mol. The number of hydrogen-bond donors (Lipinski definition) is 1. The Balaban J connectivity index is 1.57. The molecule has 26 heavy (non-hydrogen) atoms. The number of rotatable bonds is 8. The van der Waals surface area contributed by atoms with Crippen LogP contribution in [-0.2, 0) is 16.1 Å². The first-order valence-corrected chi connectivity index (χ1v) is 9.84. The van der Waals surface area contributed by atoms with Crippen LogP contribution in [0.2, 0.25) is 0 Å². The molecular formula is C19H24N4O2S. The molecule has 1 aliphatic rings. The quantitative estimate of drug-likeness (QED) is 0.723. The van der Waals surface area contributed by atoms with Gasteiger partial charge < -0.3 is 14.8 Å². The number of nitrogens with one attached hydrogen (secondary N) is 1. The maximum Gasteiger partial charge on any atom is 0.239 e. The Kier molecular flexibility index (Phi) is 5.98. The summed E-state index contributed by atoms with van der Waals surface area (Å²) < 4.78 is 2.10. The van der Waals surface area contributed by atoms with Gasteiger partial charge in [-0.3, -0.25) is 9.59 Å². The minimum Gasteiger partial charge on any atom is -0.352 e. The van der Waals surface area contributed by atoms with Crippen LogP contribution >= 0.6 is 11.8 Å². The predicted molar refractivity (Wildman–Crippen MR) is 103 cm³/mol. The van der Waals surface area contributed by atoms with Gasteiger partial charge in [0.2, 0.25) is 11.8 Å². The van der Waals surface area contributed by atoms with E-state index in [1.165, 1.54) is 16.7 Å². The predicted octanol–water partition coefficient (Wildman–Crippen LogP) is 2.40. The Morgan fingerprint density at radius 3 is 2.69 bits per heavy atom. The summed E-state index contributed by atoms with van der Waals surface area (Å²) in [6, 6.07) is 10.4. The van der Waals surface area contributed by atoms with Gasteiger partial charge in [0.25, 0.3) is 0 Å². The van der Waals surface area contributed by atoms with E-state index < -0.39 is 0 Å². The molecule has 0 atom stereocenters. The van der Waals surface area contributed by atoms with Crippen molar-refractivity contribution in [3.8, 4) is 11.3 Å². The van der Waals surface area contributed by atoms with Gasteiger partial charge in [0.1, 0.15) is 0 Å². The zero-order chi connectivity index (χ0) is 18.5. The van der Waals surface area contributed by atoms with Crippen molar-refractivity contribution in [3.05, 3.63) is 36.5 Å². The van der Waals surface area contributed by atoms with E-state index in [9.17, 15) is 9.59 Å². The molecule has 3 rings (SSSR count). The normalized spacial score (nSPS) is 13.5. The van der Waals surface area contributed by atoms with Crippen LogP contribution in [0.3, 0.4) is 0 Å². The lowest BCUT2D eigenvalue weighted by molar-refractivity contribution is -0.132. The summed E-state index contributed by atoms with van der Waals surface area (Å²) in [6.45, 7) is 2.95. The first-order chi connectivity index (χ1) is 12.6. The van der Waals surface area contributed by atoms with E-state index in [0.717, 1.165) is 35.8 Å². The molecule has 1 fully saturated rings. The first-order valence-electron chi connectivity index (χ1n) is 8.85. The second kappa shape index (κ2) is 8.40. The summed E-state index contributed by atoms with van der Waals surface area (Å²) in [5, 5.41) is 3.71. The molecule has 1 heterocycles. The number of nitrogens with zero attached hydrogens (tertiary/aromatic N) is 3. The molecule has 1 aromatic heterocycles. The third-order valence-electron chi connectivity index (χ3n) is 4.28. The van der Waals surface area contributed by atoms with Crippen LogP contribution in [0.15, 0.2) is 41.7 Å². The van der Waals surface area contributed by atoms with Gasteiger partial charge in [-0.2, -0.15) is 0 Å². The molecule has 0 unspecified atom stereocenters. The molecule has 0 aliphatic heterocycles. The number of amides is 2. The van der Waals surface area contributed by atoms with Crippen molar-refractivity contribution >= 4 is 23.6 Å². The van der Waals surface area contributed by atoms with Gasteiger partial charge >= 0.3 is 0 Å². The summed E-state index contributed by atoms with van der Waals surface area (Å²) in [5.74, 6) is 0.0981. The standard InChI is InChI=1S/C19H24N4O2S/c1-3-23-16(14-7-5-4-6-8-14)11-20-19(23)26-13-18(25)22(2)12-17(24)21-15-9-10-15/h4-8,11,15H,3,9-10,12-13H2,1-2H3,(H,21,24).